The van der Waals surface area contributed by atoms with E-state index < -0.39 is 42.8 Å². The Morgan fingerprint density at radius 3 is 1.98 bits per heavy atom. The monoisotopic (exact) mass is 598 g/mol. The van der Waals surface area contributed by atoms with E-state index in [2.05, 4.69) is 24.5 Å². The molecule has 11 heteroatoms. The second-order valence-electron chi connectivity index (χ2n) is 11.6. The third-order valence-electron chi connectivity index (χ3n) is 6.08. The van der Waals surface area contributed by atoms with Gasteiger partial charge < -0.3 is 29.7 Å². The zero-order valence-corrected chi connectivity index (χ0v) is 26.9. The van der Waals surface area contributed by atoms with Gasteiger partial charge in [-0.1, -0.05) is 43.7 Å². The third kappa shape index (κ3) is 11.2. The molecule has 43 heavy (non-hydrogen) atoms. The highest BCUT2D eigenvalue weighted by atomic mass is 16.6. The number of aryl methyl sites for hydroxylation is 2. The fourth-order valence-electron chi connectivity index (χ4n) is 4.32. The van der Waals surface area contributed by atoms with E-state index in [-0.39, 0.29) is 25.7 Å². The predicted octanol–water partition coefficient (Wildman–Crippen LogP) is 5.55. The number of esters is 2. The van der Waals surface area contributed by atoms with Gasteiger partial charge in [-0.3, -0.25) is 14.6 Å². The van der Waals surface area contributed by atoms with Crippen LogP contribution in [0.3, 0.4) is 0 Å². The lowest BCUT2D eigenvalue weighted by molar-refractivity contribution is -0.146. The van der Waals surface area contributed by atoms with Gasteiger partial charge >= 0.3 is 24.1 Å². The fourth-order valence-corrected chi connectivity index (χ4v) is 4.32. The summed E-state index contributed by atoms with van der Waals surface area (Å²) >= 11 is 0. The van der Waals surface area contributed by atoms with E-state index in [0.29, 0.717) is 28.9 Å². The van der Waals surface area contributed by atoms with Crippen LogP contribution in [-0.4, -0.2) is 65.9 Å². The minimum atomic E-state index is -0.706. The second kappa shape index (κ2) is 15.9. The number of amides is 3. The number of alkyl carbamates (subject to hydrolysis) is 1. The van der Waals surface area contributed by atoms with Crippen LogP contribution in [-0.2, 0) is 36.8 Å². The van der Waals surface area contributed by atoms with E-state index in [1.807, 2.05) is 31.2 Å². The van der Waals surface area contributed by atoms with Gasteiger partial charge in [0, 0.05) is 23.4 Å². The lowest BCUT2D eigenvalue weighted by atomic mass is 9.92. The number of nitrogens with one attached hydrogen (secondary N) is 2. The number of carbonyl (C=O) groups excluding carboxylic acids is 4. The molecule has 0 aliphatic heterocycles. The molecule has 236 valence electrons. The molecule has 2 rings (SSSR count). The van der Waals surface area contributed by atoms with Gasteiger partial charge in [-0.15, -0.1) is 0 Å². The first-order valence-electron chi connectivity index (χ1n) is 14.6. The lowest BCUT2D eigenvalue weighted by Crippen LogP contribution is -2.43. The minimum Gasteiger partial charge on any atom is -0.465 e. The molecule has 0 unspecified atom stereocenters. The third-order valence-corrected chi connectivity index (χ3v) is 6.08. The number of urea groups is 1. The Morgan fingerprint density at radius 1 is 0.930 bits per heavy atom. The number of nitrogens with zero attached hydrogens (tertiary/aromatic N) is 2. The van der Waals surface area contributed by atoms with Gasteiger partial charge in [-0.25, -0.2) is 9.59 Å². The standard InChI is InChI=1S/C32H46N4O7/c1-10-41-26(37)18-36(19-27(38)42-11-2)30(39)35-29-22(6)34-25(16-20(3)4)24(17-33-31(40)43-32(7,8)9)28(29)23-14-12-21(5)13-15-23/h12-15,20H,10-11,16-19H2,1-9H3,(H,33,40)(H,35,39). The first kappa shape index (κ1) is 35.0. The molecule has 0 spiro atoms. The first-order valence-corrected chi connectivity index (χ1v) is 14.6. The Bertz CT molecular complexity index is 1260. The van der Waals surface area contributed by atoms with Crippen LogP contribution in [0.4, 0.5) is 15.3 Å². The van der Waals surface area contributed by atoms with Crippen LogP contribution in [0, 0.1) is 19.8 Å². The molecular weight excluding hydrogens is 552 g/mol. The summed E-state index contributed by atoms with van der Waals surface area (Å²) < 4.78 is 15.5. The largest absolute Gasteiger partial charge is 0.465 e. The summed E-state index contributed by atoms with van der Waals surface area (Å²) in [6.07, 6.45) is 0.0379. The number of hydrogen-bond donors (Lipinski definition) is 2. The van der Waals surface area contributed by atoms with Crippen LogP contribution in [0.2, 0.25) is 0 Å². The van der Waals surface area contributed by atoms with Crippen LogP contribution in [0.25, 0.3) is 11.1 Å². The summed E-state index contributed by atoms with van der Waals surface area (Å²) in [5.41, 5.74) is 4.23. The molecule has 0 saturated carbocycles. The number of rotatable bonds is 12. The van der Waals surface area contributed by atoms with E-state index >= 15 is 0 Å². The maximum atomic E-state index is 13.7. The predicted molar refractivity (Wildman–Crippen MR) is 165 cm³/mol. The molecule has 1 heterocycles. The number of ether oxygens (including phenoxy) is 3. The van der Waals surface area contributed by atoms with Crippen molar-refractivity contribution in [2.75, 3.05) is 31.6 Å². The summed E-state index contributed by atoms with van der Waals surface area (Å²) in [5.74, 6) is -1.07. The first-order chi connectivity index (χ1) is 20.1. The van der Waals surface area contributed by atoms with E-state index in [4.69, 9.17) is 19.2 Å². The summed E-state index contributed by atoms with van der Waals surface area (Å²) in [5, 5.41) is 5.75. The van der Waals surface area contributed by atoms with Crippen molar-refractivity contribution in [3.63, 3.8) is 0 Å². The number of aromatic nitrogens is 1. The van der Waals surface area contributed by atoms with Crippen LogP contribution in [0.5, 0.6) is 0 Å². The van der Waals surface area contributed by atoms with Crippen LogP contribution < -0.4 is 10.6 Å². The number of hydrogen-bond acceptors (Lipinski definition) is 8. The van der Waals surface area contributed by atoms with Gasteiger partial charge in [-0.05, 0) is 66.4 Å². The molecule has 0 fully saturated rings. The molecule has 0 atom stereocenters. The molecule has 0 radical (unpaired) electrons. The zero-order chi connectivity index (χ0) is 32.3. The Kier molecular flexibility index (Phi) is 13.0. The molecule has 0 aliphatic rings. The van der Waals surface area contributed by atoms with Crippen LogP contribution in [0.1, 0.15) is 71.0 Å². The topological polar surface area (TPSA) is 136 Å². The molecule has 2 aromatic rings. The van der Waals surface area contributed by atoms with Crippen molar-refractivity contribution in [1.29, 1.82) is 0 Å². The maximum Gasteiger partial charge on any atom is 0.407 e. The molecule has 3 amide bonds. The zero-order valence-electron chi connectivity index (χ0n) is 26.9. The summed E-state index contributed by atoms with van der Waals surface area (Å²) in [6, 6.07) is 7.08. The number of anilines is 1. The quantitative estimate of drug-likeness (QED) is 0.240. The van der Waals surface area contributed by atoms with Gasteiger partial charge in [0.2, 0.25) is 0 Å². The number of benzene rings is 1. The molecule has 11 nitrogen and oxygen atoms in total. The highest BCUT2D eigenvalue weighted by Gasteiger charge is 2.27. The minimum absolute atomic E-state index is 0.0890. The molecule has 0 bridgehead atoms. The van der Waals surface area contributed by atoms with Gasteiger partial charge in [0.15, 0.2) is 0 Å². The van der Waals surface area contributed by atoms with E-state index in [0.717, 1.165) is 21.7 Å². The lowest BCUT2D eigenvalue weighted by Gasteiger charge is -2.26. The van der Waals surface area contributed by atoms with Crippen LogP contribution >= 0.6 is 0 Å². The average molecular weight is 599 g/mol. The van der Waals surface area contributed by atoms with E-state index in [1.54, 1.807) is 41.5 Å². The highest BCUT2D eigenvalue weighted by Crippen LogP contribution is 2.36. The molecule has 1 aromatic heterocycles. The summed E-state index contributed by atoms with van der Waals surface area (Å²) in [4.78, 5) is 56.9. The van der Waals surface area contributed by atoms with Crippen molar-refractivity contribution < 1.29 is 33.4 Å². The normalized spacial score (nSPS) is 11.1. The molecular formula is C32H46N4O7. The highest BCUT2D eigenvalue weighted by molar-refractivity contribution is 5.98. The Morgan fingerprint density at radius 2 is 1.49 bits per heavy atom. The van der Waals surface area contributed by atoms with Crippen molar-refractivity contribution >= 4 is 29.8 Å². The molecule has 0 aliphatic carbocycles. The Balaban J connectivity index is 2.68. The number of pyridine rings is 1. The van der Waals surface area contributed by atoms with Gasteiger partial charge in [0.05, 0.1) is 24.6 Å². The molecule has 0 saturated heterocycles. The van der Waals surface area contributed by atoms with Crippen molar-refractivity contribution in [3.8, 4) is 11.1 Å². The average Bonchev–Trinajstić information content (AvgIpc) is 2.88. The van der Waals surface area contributed by atoms with Crippen molar-refractivity contribution in [3.05, 3.63) is 46.8 Å². The summed E-state index contributed by atoms with van der Waals surface area (Å²) in [6.45, 7) is 16.0. The van der Waals surface area contributed by atoms with E-state index in [1.165, 1.54) is 0 Å². The molecule has 1 aromatic carbocycles. The number of carbonyl (C=O) groups is 4. The van der Waals surface area contributed by atoms with Crippen molar-refractivity contribution in [2.45, 2.75) is 80.9 Å². The van der Waals surface area contributed by atoms with Gasteiger partial charge in [-0.2, -0.15) is 0 Å². The fraction of sp³-hybridized carbons (Fsp3) is 0.531. The van der Waals surface area contributed by atoms with Crippen molar-refractivity contribution in [2.24, 2.45) is 5.92 Å². The van der Waals surface area contributed by atoms with Crippen LogP contribution in [0.15, 0.2) is 24.3 Å². The SMILES string of the molecule is CCOC(=O)CN(CC(=O)OCC)C(=O)Nc1c(C)nc(CC(C)C)c(CNC(=O)OC(C)(C)C)c1-c1ccc(C)cc1. The van der Waals surface area contributed by atoms with Gasteiger partial charge in [0.25, 0.3) is 0 Å². The Hall–Kier alpha value is -4.15. The van der Waals surface area contributed by atoms with Crippen molar-refractivity contribution in [1.82, 2.24) is 15.2 Å². The second-order valence-corrected chi connectivity index (χ2v) is 11.6. The maximum absolute atomic E-state index is 13.7. The Labute approximate surface area is 254 Å². The van der Waals surface area contributed by atoms with Gasteiger partial charge in [0.1, 0.15) is 18.7 Å². The van der Waals surface area contributed by atoms with E-state index in [9.17, 15) is 19.2 Å². The molecule has 2 N–H and O–H groups in total. The smallest absolute Gasteiger partial charge is 0.407 e. The summed E-state index contributed by atoms with van der Waals surface area (Å²) in [7, 11) is 0.